The number of imidazole rings is 1. The lowest BCUT2D eigenvalue weighted by Gasteiger charge is -2.24. The van der Waals surface area contributed by atoms with Gasteiger partial charge in [-0.05, 0) is 60.2 Å². The SMILES string of the molecule is COc1ccc(S(=O)(=O)N(CC(=O)NCc2ccc(-n3ccnc3)cc2)c2cccc(Cl)c2)cc1. The van der Waals surface area contributed by atoms with Gasteiger partial charge in [0.1, 0.15) is 12.3 Å². The van der Waals surface area contributed by atoms with Crippen LogP contribution in [0.25, 0.3) is 5.69 Å². The van der Waals surface area contributed by atoms with Crippen LogP contribution >= 0.6 is 11.6 Å². The molecule has 0 radical (unpaired) electrons. The van der Waals surface area contributed by atoms with Crippen molar-refractivity contribution in [2.45, 2.75) is 11.4 Å². The van der Waals surface area contributed by atoms with Gasteiger partial charge in [-0.1, -0.05) is 29.8 Å². The van der Waals surface area contributed by atoms with Crippen molar-refractivity contribution in [1.29, 1.82) is 0 Å². The highest BCUT2D eigenvalue weighted by molar-refractivity contribution is 7.92. The number of anilines is 1. The Morgan fingerprint density at radius 1 is 1.09 bits per heavy atom. The second-order valence-corrected chi connectivity index (χ2v) is 9.88. The first kappa shape index (κ1) is 24.3. The highest BCUT2D eigenvalue weighted by Gasteiger charge is 2.27. The van der Waals surface area contributed by atoms with Crippen LogP contribution in [0.5, 0.6) is 5.75 Å². The number of nitrogens with zero attached hydrogens (tertiary/aromatic N) is 3. The zero-order valence-corrected chi connectivity index (χ0v) is 20.4. The summed E-state index contributed by atoms with van der Waals surface area (Å²) in [4.78, 5) is 16.9. The number of hydrogen-bond donors (Lipinski definition) is 1. The number of sulfonamides is 1. The summed E-state index contributed by atoms with van der Waals surface area (Å²) in [5, 5.41) is 3.15. The van der Waals surface area contributed by atoms with E-state index in [-0.39, 0.29) is 17.1 Å². The van der Waals surface area contributed by atoms with Crippen molar-refractivity contribution in [3.8, 4) is 11.4 Å². The van der Waals surface area contributed by atoms with Crippen LogP contribution in [0.3, 0.4) is 0 Å². The van der Waals surface area contributed by atoms with E-state index >= 15 is 0 Å². The molecule has 0 spiro atoms. The molecule has 0 aliphatic heterocycles. The third-order valence-corrected chi connectivity index (χ3v) is 7.28. The van der Waals surface area contributed by atoms with Gasteiger partial charge in [0.15, 0.2) is 0 Å². The van der Waals surface area contributed by atoms with Crippen LogP contribution in [0.4, 0.5) is 5.69 Å². The number of aromatic nitrogens is 2. The first-order valence-corrected chi connectivity index (χ1v) is 12.4. The molecule has 10 heteroatoms. The quantitative estimate of drug-likeness (QED) is 0.367. The number of benzene rings is 3. The Morgan fingerprint density at radius 3 is 2.46 bits per heavy atom. The Morgan fingerprint density at radius 2 is 1.83 bits per heavy atom. The van der Waals surface area contributed by atoms with E-state index in [9.17, 15) is 13.2 Å². The predicted octanol–water partition coefficient (Wildman–Crippen LogP) is 4.05. The fourth-order valence-electron chi connectivity index (χ4n) is 3.41. The van der Waals surface area contributed by atoms with E-state index in [4.69, 9.17) is 16.3 Å². The molecule has 4 aromatic rings. The molecule has 0 atom stereocenters. The van der Waals surface area contributed by atoms with E-state index in [0.717, 1.165) is 15.6 Å². The molecule has 0 fully saturated rings. The van der Waals surface area contributed by atoms with Crippen molar-refractivity contribution in [1.82, 2.24) is 14.9 Å². The minimum absolute atomic E-state index is 0.0289. The number of methoxy groups -OCH3 is 1. The van der Waals surface area contributed by atoms with Gasteiger partial charge in [-0.2, -0.15) is 0 Å². The van der Waals surface area contributed by atoms with Gasteiger partial charge >= 0.3 is 0 Å². The lowest BCUT2D eigenvalue weighted by molar-refractivity contribution is -0.119. The maximum atomic E-state index is 13.5. The summed E-state index contributed by atoms with van der Waals surface area (Å²) in [5.41, 5.74) is 2.10. The lowest BCUT2D eigenvalue weighted by atomic mass is 10.2. The Balaban J connectivity index is 1.51. The molecule has 1 N–H and O–H groups in total. The smallest absolute Gasteiger partial charge is 0.264 e. The van der Waals surface area contributed by atoms with Crippen molar-refractivity contribution in [3.63, 3.8) is 0 Å². The van der Waals surface area contributed by atoms with Crippen molar-refractivity contribution >= 4 is 33.2 Å². The van der Waals surface area contributed by atoms with Gasteiger partial charge in [0.25, 0.3) is 10.0 Å². The third kappa shape index (κ3) is 5.82. The third-order valence-electron chi connectivity index (χ3n) is 5.26. The molecule has 0 unspecified atom stereocenters. The van der Waals surface area contributed by atoms with Crippen LogP contribution in [-0.2, 0) is 21.4 Å². The summed E-state index contributed by atoms with van der Waals surface area (Å²) in [6.07, 6.45) is 5.23. The normalized spacial score (nSPS) is 11.1. The van der Waals surface area contributed by atoms with Crippen molar-refractivity contribution in [2.24, 2.45) is 0 Å². The number of ether oxygens (including phenoxy) is 1. The average molecular weight is 511 g/mol. The zero-order chi connectivity index (χ0) is 24.8. The molecule has 3 aromatic carbocycles. The second-order valence-electron chi connectivity index (χ2n) is 7.58. The molecule has 1 amide bonds. The van der Waals surface area contributed by atoms with Crippen molar-refractivity contribution in [3.05, 3.63) is 102 Å². The molecule has 35 heavy (non-hydrogen) atoms. The predicted molar refractivity (Wildman–Crippen MR) is 134 cm³/mol. The van der Waals surface area contributed by atoms with E-state index in [2.05, 4.69) is 10.3 Å². The van der Waals surface area contributed by atoms with Gasteiger partial charge in [0, 0.05) is 29.6 Å². The Hall–Kier alpha value is -3.82. The maximum absolute atomic E-state index is 13.5. The minimum Gasteiger partial charge on any atom is -0.497 e. The minimum atomic E-state index is -4.05. The van der Waals surface area contributed by atoms with E-state index in [0.29, 0.717) is 10.8 Å². The molecule has 4 rings (SSSR count). The van der Waals surface area contributed by atoms with E-state index in [1.54, 1.807) is 42.9 Å². The standard InChI is InChI=1S/C25H23ClN4O4S/c1-34-23-9-11-24(12-10-23)35(32,33)30(22-4-2-3-20(26)15-22)17-25(31)28-16-19-5-7-21(8-6-19)29-14-13-27-18-29/h2-15,18H,16-17H2,1H3,(H,28,31). The second kappa shape index (κ2) is 10.6. The molecular weight excluding hydrogens is 488 g/mol. The summed E-state index contributed by atoms with van der Waals surface area (Å²) in [5.74, 6) is 0.0656. The average Bonchev–Trinajstić information content (AvgIpc) is 3.41. The largest absolute Gasteiger partial charge is 0.497 e. The summed E-state index contributed by atoms with van der Waals surface area (Å²) in [7, 11) is -2.56. The van der Waals surface area contributed by atoms with Crippen LogP contribution in [-0.4, -0.2) is 37.5 Å². The van der Waals surface area contributed by atoms with Crippen LogP contribution in [0.15, 0.2) is 96.4 Å². The Kier molecular flexibility index (Phi) is 7.38. The van der Waals surface area contributed by atoms with E-state index in [1.807, 2.05) is 35.0 Å². The monoisotopic (exact) mass is 510 g/mol. The van der Waals surface area contributed by atoms with Gasteiger partial charge in [-0.3, -0.25) is 9.10 Å². The molecule has 0 bridgehead atoms. The highest BCUT2D eigenvalue weighted by atomic mass is 35.5. The number of amides is 1. The fourth-order valence-corrected chi connectivity index (χ4v) is 5.00. The Labute approximate surface area is 208 Å². The summed E-state index contributed by atoms with van der Waals surface area (Å²) >= 11 is 6.11. The van der Waals surface area contributed by atoms with Gasteiger partial charge in [-0.25, -0.2) is 13.4 Å². The summed E-state index contributed by atoms with van der Waals surface area (Å²) in [6, 6.07) is 19.9. The van der Waals surface area contributed by atoms with Crippen LogP contribution in [0, 0.1) is 0 Å². The molecule has 0 aliphatic rings. The molecule has 1 heterocycles. The number of nitrogens with one attached hydrogen (secondary N) is 1. The highest BCUT2D eigenvalue weighted by Crippen LogP contribution is 2.27. The van der Waals surface area contributed by atoms with Gasteiger partial charge in [0.05, 0.1) is 24.0 Å². The topological polar surface area (TPSA) is 93.5 Å². The molecule has 0 saturated heterocycles. The molecule has 8 nitrogen and oxygen atoms in total. The van der Waals surface area contributed by atoms with Crippen LogP contribution in [0.2, 0.25) is 5.02 Å². The molecule has 0 aliphatic carbocycles. The van der Waals surface area contributed by atoms with Crippen molar-refractivity contribution < 1.29 is 17.9 Å². The number of halogens is 1. The van der Waals surface area contributed by atoms with Gasteiger partial charge in [-0.15, -0.1) is 0 Å². The lowest BCUT2D eigenvalue weighted by Crippen LogP contribution is -2.40. The summed E-state index contributed by atoms with van der Waals surface area (Å²) in [6.45, 7) is -0.170. The number of hydrogen-bond acceptors (Lipinski definition) is 5. The number of carbonyl (C=O) groups is 1. The maximum Gasteiger partial charge on any atom is 0.264 e. The van der Waals surface area contributed by atoms with Crippen LogP contribution in [0.1, 0.15) is 5.56 Å². The van der Waals surface area contributed by atoms with E-state index in [1.165, 1.54) is 25.3 Å². The van der Waals surface area contributed by atoms with Gasteiger partial charge < -0.3 is 14.6 Å². The van der Waals surface area contributed by atoms with Crippen LogP contribution < -0.4 is 14.4 Å². The first-order valence-electron chi connectivity index (χ1n) is 10.6. The Bertz CT molecular complexity index is 1390. The molecular formula is C25H23ClN4O4S. The number of rotatable bonds is 9. The van der Waals surface area contributed by atoms with E-state index < -0.39 is 22.5 Å². The first-order chi connectivity index (χ1) is 16.9. The molecule has 1 aromatic heterocycles. The van der Waals surface area contributed by atoms with Gasteiger partial charge in [0.2, 0.25) is 5.91 Å². The number of carbonyl (C=O) groups excluding carboxylic acids is 1. The molecule has 180 valence electrons. The summed E-state index contributed by atoms with van der Waals surface area (Å²) < 4.78 is 34.9. The fraction of sp³-hybridized carbons (Fsp3) is 0.120. The molecule has 0 saturated carbocycles. The van der Waals surface area contributed by atoms with Crippen molar-refractivity contribution in [2.75, 3.05) is 18.0 Å². The zero-order valence-electron chi connectivity index (χ0n) is 18.8.